The second-order valence-corrected chi connectivity index (χ2v) is 9.05. The van der Waals surface area contributed by atoms with Gasteiger partial charge < -0.3 is 10.2 Å². The number of carbonyl (C=O) groups excluding carboxylic acids is 1. The van der Waals surface area contributed by atoms with Gasteiger partial charge >= 0.3 is 0 Å². The smallest absolute Gasteiger partial charge is 0.284 e. The Kier molecular flexibility index (Phi) is 6.60. The highest BCUT2D eigenvalue weighted by molar-refractivity contribution is 7.90. The zero-order valence-electron chi connectivity index (χ0n) is 16.1. The summed E-state index contributed by atoms with van der Waals surface area (Å²) >= 11 is 12.1. The first kappa shape index (κ1) is 22.0. The van der Waals surface area contributed by atoms with Gasteiger partial charge in [-0.2, -0.15) is 8.42 Å². The Morgan fingerprint density at radius 3 is 2.60 bits per heavy atom. The number of anilines is 1. The monoisotopic (exact) mass is 464 g/mol. The predicted octanol–water partition coefficient (Wildman–Crippen LogP) is 4.00. The molecule has 30 heavy (non-hydrogen) atoms. The molecule has 0 atom stereocenters. The topological polar surface area (TPSA) is 91.7 Å². The molecule has 0 bridgehead atoms. The van der Waals surface area contributed by atoms with Gasteiger partial charge in [0.05, 0.1) is 11.9 Å². The van der Waals surface area contributed by atoms with E-state index < -0.39 is 10.0 Å². The standard InChI is InChI=1S/C20H18Cl2N4O3S/c1-26(2)12-23-30(28,29)18-11-14(10-17-15(18)7-8-19(22)25-17)24-20(27)9-13-5-3-4-6-16(13)21/h3-8,10-12H,9H2,1-2H3,(H,24,27)/b23-12+. The Hall–Kier alpha value is -2.68. The van der Waals surface area contributed by atoms with Gasteiger partial charge in [-0.15, -0.1) is 4.40 Å². The zero-order valence-corrected chi connectivity index (χ0v) is 18.5. The molecule has 1 heterocycles. The van der Waals surface area contributed by atoms with Gasteiger partial charge in [0.15, 0.2) is 0 Å². The minimum Gasteiger partial charge on any atom is -0.368 e. The van der Waals surface area contributed by atoms with Gasteiger partial charge in [-0.25, -0.2) is 4.98 Å². The van der Waals surface area contributed by atoms with E-state index in [-0.39, 0.29) is 28.1 Å². The number of rotatable bonds is 6. The third kappa shape index (κ3) is 5.27. The maximum absolute atomic E-state index is 12.8. The van der Waals surface area contributed by atoms with E-state index in [0.717, 1.165) is 0 Å². The fourth-order valence-corrected chi connectivity index (χ4v) is 4.20. The van der Waals surface area contributed by atoms with Crippen molar-refractivity contribution in [3.63, 3.8) is 0 Å². The molecule has 7 nitrogen and oxygen atoms in total. The summed E-state index contributed by atoms with van der Waals surface area (Å²) in [7, 11) is -0.733. The Balaban J connectivity index is 2.01. The summed E-state index contributed by atoms with van der Waals surface area (Å²) in [5.74, 6) is -0.357. The van der Waals surface area contributed by atoms with Crippen molar-refractivity contribution in [2.45, 2.75) is 11.3 Å². The van der Waals surface area contributed by atoms with Crippen LogP contribution in [-0.4, -0.2) is 44.6 Å². The van der Waals surface area contributed by atoms with Crippen LogP contribution in [0, 0.1) is 0 Å². The van der Waals surface area contributed by atoms with Gasteiger partial charge in [-0.05, 0) is 35.9 Å². The first-order chi connectivity index (χ1) is 14.2. The molecular weight excluding hydrogens is 447 g/mol. The molecule has 156 valence electrons. The first-order valence-corrected chi connectivity index (χ1v) is 11.0. The van der Waals surface area contributed by atoms with E-state index in [2.05, 4.69) is 14.7 Å². The average Bonchev–Trinajstić information content (AvgIpc) is 2.67. The summed E-state index contributed by atoms with van der Waals surface area (Å²) in [6, 6.07) is 12.9. The van der Waals surface area contributed by atoms with E-state index in [9.17, 15) is 13.2 Å². The van der Waals surface area contributed by atoms with Crippen LogP contribution in [0.1, 0.15) is 5.56 Å². The van der Waals surface area contributed by atoms with Gasteiger partial charge in [0.25, 0.3) is 10.0 Å². The lowest BCUT2D eigenvalue weighted by molar-refractivity contribution is -0.115. The number of halogens is 2. The normalized spacial score (nSPS) is 11.7. The molecule has 3 aromatic rings. The number of aromatic nitrogens is 1. The highest BCUT2D eigenvalue weighted by atomic mass is 35.5. The fourth-order valence-electron chi connectivity index (χ4n) is 2.69. The second kappa shape index (κ2) is 8.99. The third-order valence-electron chi connectivity index (χ3n) is 4.02. The van der Waals surface area contributed by atoms with Crippen LogP contribution in [0.25, 0.3) is 10.9 Å². The minimum absolute atomic E-state index is 0.0293. The molecule has 0 spiro atoms. The minimum atomic E-state index is -4.05. The van der Waals surface area contributed by atoms with Gasteiger partial charge in [0.1, 0.15) is 16.4 Å². The number of pyridine rings is 1. The van der Waals surface area contributed by atoms with E-state index in [1.165, 1.54) is 23.4 Å². The van der Waals surface area contributed by atoms with Crippen LogP contribution < -0.4 is 5.32 Å². The van der Waals surface area contributed by atoms with Crippen molar-refractivity contribution in [3.05, 3.63) is 64.3 Å². The Morgan fingerprint density at radius 1 is 1.17 bits per heavy atom. The number of benzene rings is 2. The lowest BCUT2D eigenvalue weighted by Gasteiger charge is -2.11. The molecule has 0 aliphatic heterocycles. The van der Waals surface area contributed by atoms with Gasteiger partial charge in [0, 0.05) is 30.2 Å². The van der Waals surface area contributed by atoms with Crippen molar-refractivity contribution in [2.24, 2.45) is 4.40 Å². The lowest BCUT2D eigenvalue weighted by Crippen LogP contribution is -2.15. The van der Waals surface area contributed by atoms with E-state index in [0.29, 0.717) is 21.5 Å². The summed E-state index contributed by atoms with van der Waals surface area (Å²) in [4.78, 5) is 18.1. The Morgan fingerprint density at radius 2 is 1.90 bits per heavy atom. The maximum atomic E-state index is 12.8. The summed E-state index contributed by atoms with van der Waals surface area (Å²) < 4.78 is 29.3. The highest BCUT2D eigenvalue weighted by Crippen LogP contribution is 2.29. The molecule has 2 aromatic carbocycles. The van der Waals surface area contributed by atoms with Crippen LogP contribution >= 0.6 is 23.2 Å². The summed E-state index contributed by atoms with van der Waals surface area (Å²) in [5, 5.41) is 3.72. The van der Waals surface area contributed by atoms with Gasteiger partial charge in [-0.1, -0.05) is 41.4 Å². The van der Waals surface area contributed by atoms with E-state index in [1.54, 1.807) is 50.5 Å². The number of sulfonamides is 1. The van der Waals surface area contributed by atoms with Crippen molar-refractivity contribution in [1.29, 1.82) is 0 Å². The predicted molar refractivity (Wildman–Crippen MR) is 120 cm³/mol. The number of nitrogens with one attached hydrogen (secondary N) is 1. The van der Waals surface area contributed by atoms with Crippen molar-refractivity contribution in [3.8, 4) is 0 Å². The number of amides is 1. The molecule has 0 aliphatic rings. The Labute approximate surface area is 184 Å². The van der Waals surface area contributed by atoms with E-state index in [4.69, 9.17) is 23.2 Å². The molecule has 0 radical (unpaired) electrons. The molecule has 0 unspecified atom stereocenters. The summed E-state index contributed by atoms with van der Waals surface area (Å²) in [5.41, 5.74) is 1.23. The van der Waals surface area contributed by atoms with Crippen LogP contribution in [0.3, 0.4) is 0 Å². The lowest BCUT2D eigenvalue weighted by atomic mass is 10.1. The Bertz CT molecular complexity index is 1240. The van der Waals surface area contributed by atoms with Gasteiger partial charge in [0.2, 0.25) is 5.91 Å². The molecule has 10 heteroatoms. The number of fused-ring (bicyclic) bond motifs is 1. The summed E-state index contributed by atoms with van der Waals surface area (Å²) in [6.07, 6.45) is 1.22. The molecule has 0 saturated heterocycles. The molecular formula is C20H18Cl2N4O3S. The number of hydrogen-bond donors (Lipinski definition) is 1. The van der Waals surface area contributed by atoms with Crippen LogP contribution in [0.4, 0.5) is 5.69 Å². The highest BCUT2D eigenvalue weighted by Gasteiger charge is 2.19. The summed E-state index contributed by atoms with van der Waals surface area (Å²) in [6.45, 7) is 0. The van der Waals surface area contributed by atoms with Crippen molar-refractivity contribution in [2.75, 3.05) is 19.4 Å². The van der Waals surface area contributed by atoms with Gasteiger partial charge in [-0.3, -0.25) is 4.79 Å². The molecule has 3 rings (SSSR count). The molecule has 1 aromatic heterocycles. The number of hydrogen-bond acceptors (Lipinski definition) is 4. The average molecular weight is 465 g/mol. The molecule has 1 N–H and O–H groups in total. The largest absolute Gasteiger partial charge is 0.368 e. The van der Waals surface area contributed by atoms with Crippen molar-refractivity contribution in [1.82, 2.24) is 9.88 Å². The van der Waals surface area contributed by atoms with Crippen LogP contribution in [-0.2, 0) is 21.2 Å². The number of carbonyl (C=O) groups is 1. The first-order valence-electron chi connectivity index (χ1n) is 8.76. The van der Waals surface area contributed by atoms with Crippen molar-refractivity contribution < 1.29 is 13.2 Å². The maximum Gasteiger partial charge on any atom is 0.284 e. The third-order valence-corrected chi connectivity index (χ3v) is 5.87. The quantitative estimate of drug-likeness (QED) is 0.338. The van der Waals surface area contributed by atoms with Crippen LogP contribution in [0.5, 0.6) is 0 Å². The molecule has 0 aliphatic carbocycles. The zero-order chi connectivity index (χ0) is 21.9. The van der Waals surface area contributed by atoms with Crippen molar-refractivity contribution >= 4 is 62.1 Å². The van der Waals surface area contributed by atoms with E-state index in [1.807, 2.05) is 0 Å². The molecule has 0 saturated carbocycles. The molecule has 1 amide bonds. The molecule has 0 fully saturated rings. The SMILES string of the molecule is CN(C)/C=N/S(=O)(=O)c1cc(NC(=O)Cc2ccccc2Cl)cc2nc(Cl)ccc12. The van der Waals surface area contributed by atoms with Crippen LogP contribution in [0.2, 0.25) is 10.2 Å². The second-order valence-electron chi connectivity index (χ2n) is 6.65. The number of nitrogens with zero attached hydrogens (tertiary/aromatic N) is 3. The van der Waals surface area contributed by atoms with Crippen LogP contribution in [0.15, 0.2) is 57.8 Å². The fraction of sp³-hybridized carbons (Fsp3) is 0.150. The van der Waals surface area contributed by atoms with E-state index >= 15 is 0 Å².